The van der Waals surface area contributed by atoms with Crippen LogP contribution in [0.3, 0.4) is 0 Å². The number of aromatic hydroxyl groups is 1. The fraction of sp³-hybridized carbons (Fsp3) is 0.125. The SMILES string of the molecule is Cc1ccc(O)c(C(=O)N(C)c2cccc(C#N)c2)c1. The summed E-state index contributed by atoms with van der Waals surface area (Å²) in [5, 5.41) is 18.7. The molecule has 0 unspecified atom stereocenters. The maximum absolute atomic E-state index is 12.4. The lowest BCUT2D eigenvalue weighted by atomic mass is 10.1. The zero-order valence-corrected chi connectivity index (χ0v) is 11.3. The van der Waals surface area contributed by atoms with Crippen LogP contribution in [0.25, 0.3) is 0 Å². The summed E-state index contributed by atoms with van der Waals surface area (Å²) in [5.41, 5.74) is 2.23. The van der Waals surface area contributed by atoms with E-state index in [4.69, 9.17) is 5.26 Å². The predicted molar refractivity (Wildman–Crippen MR) is 76.7 cm³/mol. The molecule has 4 nitrogen and oxygen atoms in total. The topological polar surface area (TPSA) is 64.3 Å². The van der Waals surface area contributed by atoms with Gasteiger partial charge in [-0.05, 0) is 37.3 Å². The van der Waals surface area contributed by atoms with Crippen LogP contribution in [0.4, 0.5) is 5.69 Å². The Morgan fingerprint density at radius 3 is 2.70 bits per heavy atom. The van der Waals surface area contributed by atoms with Crippen molar-refractivity contribution in [2.45, 2.75) is 6.92 Å². The molecule has 0 radical (unpaired) electrons. The monoisotopic (exact) mass is 266 g/mol. The van der Waals surface area contributed by atoms with Gasteiger partial charge in [-0.25, -0.2) is 0 Å². The van der Waals surface area contributed by atoms with Crippen LogP contribution in [0.15, 0.2) is 42.5 Å². The molecule has 2 aromatic carbocycles. The standard InChI is InChI=1S/C16H14N2O2/c1-11-6-7-15(19)14(8-11)16(20)18(2)13-5-3-4-12(9-13)10-17/h3-9,19H,1-2H3. The first-order valence-corrected chi connectivity index (χ1v) is 6.11. The average molecular weight is 266 g/mol. The van der Waals surface area contributed by atoms with Gasteiger partial charge in [0.1, 0.15) is 5.75 Å². The highest BCUT2D eigenvalue weighted by molar-refractivity contribution is 6.07. The second-order valence-electron chi connectivity index (χ2n) is 4.55. The first-order valence-electron chi connectivity index (χ1n) is 6.11. The normalized spacial score (nSPS) is 9.85. The van der Waals surface area contributed by atoms with E-state index < -0.39 is 0 Å². The van der Waals surface area contributed by atoms with Crippen LogP contribution in [0.1, 0.15) is 21.5 Å². The third-order valence-corrected chi connectivity index (χ3v) is 3.05. The fourth-order valence-electron chi connectivity index (χ4n) is 1.90. The van der Waals surface area contributed by atoms with Gasteiger partial charge in [0, 0.05) is 12.7 Å². The number of nitriles is 1. The number of phenols is 1. The van der Waals surface area contributed by atoms with Crippen molar-refractivity contribution in [3.8, 4) is 11.8 Å². The minimum Gasteiger partial charge on any atom is -0.507 e. The Morgan fingerprint density at radius 1 is 1.25 bits per heavy atom. The summed E-state index contributed by atoms with van der Waals surface area (Å²) in [6, 6.07) is 13.7. The molecule has 20 heavy (non-hydrogen) atoms. The number of anilines is 1. The summed E-state index contributed by atoms with van der Waals surface area (Å²) in [7, 11) is 1.61. The quantitative estimate of drug-likeness (QED) is 0.909. The number of hydrogen-bond acceptors (Lipinski definition) is 3. The third-order valence-electron chi connectivity index (χ3n) is 3.05. The molecule has 100 valence electrons. The molecule has 0 atom stereocenters. The Hall–Kier alpha value is -2.80. The van der Waals surface area contributed by atoms with Crippen LogP contribution >= 0.6 is 0 Å². The van der Waals surface area contributed by atoms with E-state index >= 15 is 0 Å². The van der Waals surface area contributed by atoms with E-state index in [-0.39, 0.29) is 17.2 Å². The van der Waals surface area contributed by atoms with Gasteiger partial charge in [0.2, 0.25) is 0 Å². The van der Waals surface area contributed by atoms with Crippen LogP contribution < -0.4 is 4.90 Å². The molecule has 0 heterocycles. The van der Waals surface area contributed by atoms with Crippen molar-refractivity contribution in [3.05, 3.63) is 59.2 Å². The molecule has 0 aromatic heterocycles. The molecule has 4 heteroatoms. The van der Waals surface area contributed by atoms with E-state index in [1.54, 1.807) is 43.4 Å². The number of carbonyl (C=O) groups excluding carboxylic acids is 1. The number of amides is 1. The molecule has 2 rings (SSSR count). The van der Waals surface area contributed by atoms with Crippen molar-refractivity contribution < 1.29 is 9.90 Å². The van der Waals surface area contributed by atoms with Gasteiger partial charge in [0.05, 0.1) is 17.2 Å². The smallest absolute Gasteiger partial charge is 0.261 e. The number of hydrogen-bond donors (Lipinski definition) is 1. The van der Waals surface area contributed by atoms with Crippen molar-refractivity contribution in [3.63, 3.8) is 0 Å². The molecule has 0 fully saturated rings. The first kappa shape index (κ1) is 13.6. The summed E-state index contributed by atoms with van der Waals surface area (Å²) in [4.78, 5) is 13.8. The maximum atomic E-state index is 12.4. The van der Waals surface area contributed by atoms with Crippen LogP contribution in [-0.4, -0.2) is 18.1 Å². The molecule has 1 amide bonds. The van der Waals surface area contributed by atoms with Gasteiger partial charge < -0.3 is 10.0 Å². The minimum atomic E-state index is -0.318. The zero-order chi connectivity index (χ0) is 14.7. The van der Waals surface area contributed by atoms with E-state index in [1.807, 2.05) is 13.0 Å². The molecule has 0 saturated heterocycles. The van der Waals surface area contributed by atoms with E-state index in [1.165, 1.54) is 11.0 Å². The van der Waals surface area contributed by atoms with Crippen molar-refractivity contribution in [2.75, 3.05) is 11.9 Å². The number of rotatable bonds is 2. The van der Waals surface area contributed by atoms with E-state index in [9.17, 15) is 9.90 Å². The van der Waals surface area contributed by atoms with Crippen molar-refractivity contribution >= 4 is 11.6 Å². The van der Waals surface area contributed by atoms with Crippen LogP contribution in [0.5, 0.6) is 5.75 Å². The Balaban J connectivity index is 2.37. The minimum absolute atomic E-state index is 0.0520. The second-order valence-corrected chi connectivity index (χ2v) is 4.55. The predicted octanol–water partition coefficient (Wildman–Crippen LogP) is 2.85. The lowest BCUT2D eigenvalue weighted by Gasteiger charge is -2.18. The maximum Gasteiger partial charge on any atom is 0.261 e. The highest BCUT2D eigenvalue weighted by Crippen LogP contribution is 2.23. The molecular formula is C16H14N2O2. The number of phenolic OH excluding ortho intramolecular Hbond substituents is 1. The van der Waals surface area contributed by atoms with Gasteiger partial charge in [-0.1, -0.05) is 17.7 Å². The van der Waals surface area contributed by atoms with Gasteiger partial charge in [-0.2, -0.15) is 5.26 Å². The number of carbonyl (C=O) groups is 1. The fourth-order valence-corrected chi connectivity index (χ4v) is 1.90. The Morgan fingerprint density at radius 2 is 2.00 bits per heavy atom. The summed E-state index contributed by atoms with van der Waals surface area (Å²) < 4.78 is 0. The van der Waals surface area contributed by atoms with Gasteiger partial charge >= 0.3 is 0 Å². The molecule has 0 aliphatic heterocycles. The third kappa shape index (κ3) is 2.62. The first-order chi connectivity index (χ1) is 9.52. The zero-order valence-electron chi connectivity index (χ0n) is 11.3. The number of aryl methyl sites for hydroxylation is 1. The highest BCUT2D eigenvalue weighted by atomic mass is 16.3. The molecule has 0 bridgehead atoms. The summed E-state index contributed by atoms with van der Waals surface area (Å²) in [5.74, 6) is -0.370. The Labute approximate surface area is 117 Å². The highest BCUT2D eigenvalue weighted by Gasteiger charge is 2.17. The van der Waals surface area contributed by atoms with Crippen molar-refractivity contribution in [1.29, 1.82) is 5.26 Å². The van der Waals surface area contributed by atoms with Crippen LogP contribution in [0.2, 0.25) is 0 Å². The molecule has 0 aliphatic rings. The Bertz CT molecular complexity index is 702. The van der Waals surface area contributed by atoms with Gasteiger partial charge in [-0.15, -0.1) is 0 Å². The average Bonchev–Trinajstić information content (AvgIpc) is 2.48. The molecule has 0 spiro atoms. The molecule has 1 N–H and O–H groups in total. The second kappa shape index (κ2) is 5.45. The molecule has 2 aromatic rings. The summed E-state index contributed by atoms with van der Waals surface area (Å²) in [6.07, 6.45) is 0. The van der Waals surface area contributed by atoms with Crippen molar-refractivity contribution in [1.82, 2.24) is 0 Å². The van der Waals surface area contributed by atoms with Gasteiger partial charge in [0.25, 0.3) is 5.91 Å². The van der Waals surface area contributed by atoms with Crippen LogP contribution in [0, 0.1) is 18.3 Å². The van der Waals surface area contributed by atoms with E-state index in [0.717, 1.165) is 5.56 Å². The van der Waals surface area contributed by atoms with Gasteiger partial charge in [0.15, 0.2) is 0 Å². The molecule has 0 aliphatic carbocycles. The van der Waals surface area contributed by atoms with E-state index in [2.05, 4.69) is 0 Å². The molecule has 0 saturated carbocycles. The number of benzene rings is 2. The van der Waals surface area contributed by atoms with Gasteiger partial charge in [-0.3, -0.25) is 4.79 Å². The number of nitrogens with zero attached hydrogens (tertiary/aromatic N) is 2. The largest absolute Gasteiger partial charge is 0.507 e. The van der Waals surface area contributed by atoms with Crippen molar-refractivity contribution in [2.24, 2.45) is 0 Å². The van der Waals surface area contributed by atoms with Crippen LogP contribution in [-0.2, 0) is 0 Å². The summed E-state index contributed by atoms with van der Waals surface area (Å²) in [6.45, 7) is 1.85. The molecular weight excluding hydrogens is 252 g/mol. The lowest BCUT2D eigenvalue weighted by Crippen LogP contribution is -2.26. The summed E-state index contributed by atoms with van der Waals surface area (Å²) >= 11 is 0. The lowest BCUT2D eigenvalue weighted by molar-refractivity contribution is 0.0990. The Kier molecular flexibility index (Phi) is 3.72. The van der Waals surface area contributed by atoms with E-state index in [0.29, 0.717) is 11.3 Å².